The van der Waals surface area contributed by atoms with E-state index in [0.717, 1.165) is 55.5 Å². The lowest BCUT2D eigenvalue weighted by Gasteiger charge is -2.29. The maximum Gasteiger partial charge on any atom is 0.143 e. The first kappa shape index (κ1) is 34.1. The number of nitrogens with zero attached hydrogens (tertiary/aromatic N) is 1. The topological polar surface area (TPSA) is 16.4 Å². The van der Waals surface area contributed by atoms with E-state index < -0.39 is 0 Å². The molecule has 2 nitrogen and oxygen atoms in total. The van der Waals surface area contributed by atoms with Crippen molar-refractivity contribution in [3.05, 3.63) is 224 Å². The van der Waals surface area contributed by atoms with Gasteiger partial charge >= 0.3 is 0 Å². The van der Waals surface area contributed by atoms with E-state index in [1.807, 2.05) is 0 Å². The van der Waals surface area contributed by atoms with Crippen LogP contribution in [0.3, 0.4) is 0 Å². The van der Waals surface area contributed by atoms with Crippen molar-refractivity contribution in [3.63, 3.8) is 0 Å². The van der Waals surface area contributed by atoms with Crippen molar-refractivity contribution < 1.29 is 4.42 Å². The molecular weight excluding hydrogens is 727 g/mol. The SMILES string of the molecule is c1cc(-c2cccc3oc4c5ccccc5ccc4c23)cc(N(c2ccc(-c3cccc4c3ccc3ccccc34)cc2)c2ccccc2-c2cccc3ccccc23)c1. The third-order valence-electron chi connectivity index (χ3n) is 12.3. The van der Waals surface area contributed by atoms with Crippen LogP contribution < -0.4 is 4.90 Å². The average Bonchev–Trinajstić information content (AvgIpc) is 3.72. The van der Waals surface area contributed by atoms with Crippen molar-refractivity contribution in [2.24, 2.45) is 0 Å². The molecule has 11 aromatic carbocycles. The summed E-state index contributed by atoms with van der Waals surface area (Å²) in [6.07, 6.45) is 0. The number of rotatable bonds is 6. The molecule has 1 heterocycles. The van der Waals surface area contributed by atoms with Crippen LogP contribution in [-0.2, 0) is 0 Å². The first-order chi connectivity index (χ1) is 29.8. The molecule has 0 aliphatic carbocycles. The minimum atomic E-state index is 0.888. The van der Waals surface area contributed by atoms with Gasteiger partial charge in [0.2, 0.25) is 0 Å². The van der Waals surface area contributed by atoms with Gasteiger partial charge in [-0.15, -0.1) is 0 Å². The fraction of sp³-hybridized carbons (Fsp3) is 0. The highest BCUT2D eigenvalue weighted by Crippen LogP contribution is 2.46. The summed E-state index contributed by atoms with van der Waals surface area (Å²) >= 11 is 0. The minimum absolute atomic E-state index is 0.888. The number of hydrogen-bond donors (Lipinski definition) is 0. The maximum atomic E-state index is 6.63. The second kappa shape index (κ2) is 13.9. The smallest absolute Gasteiger partial charge is 0.143 e. The Morgan fingerprint density at radius 3 is 1.73 bits per heavy atom. The zero-order chi connectivity index (χ0) is 39.6. The van der Waals surface area contributed by atoms with E-state index >= 15 is 0 Å². The Balaban J connectivity index is 1.05. The largest absolute Gasteiger partial charge is 0.455 e. The van der Waals surface area contributed by atoms with Crippen LogP contribution in [0, 0.1) is 0 Å². The molecule has 0 amide bonds. The summed E-state index contributed by atoms with van der Waals surface area (Å²) in [7, 11) is 0. The standard InChI is InChI=1S/C58H37NO/c1-4-19-45-38(13-1)16-10-25-51(45)53-22-7-8-27-55(53)59(43-33-29-41(30-34-43)47-23-11-26-50-46-20-5-2-14-39(46)31-35-52(47)50)44-18-9-17-42(37-44)48-24-12-28-56-57(48)54-36-32-40-15-3-6-21-49(40)58(54)60-56/h1-37H. The highest BCUT2D eigenvalue weighted by Gasteiger charge is 2.21. The van der Waals surface area contributed by atoms with Crippen molar-refractivity contribution in [1.82, 2.24) is 0 Å². The summed E-state index contributed by atoms with van der Waals surface area (Å²) in [5, 5.41) is 12.1. The van der Waals surface area contributed by atoms with Crippen LogP contribution in [0.4, 0.5) is 17.1 Å². The van der Waals surface area contributed by atoms with Crippen LogP contribution in [0.1, 0.15) is 0 Å². The molecule has 60 heavy (non-hydrogen) atoms. The Morgan fingerprint density at radius 1 is 0.300 bits per heavy atom. The summed E-state index contributed by atoms with van der Waals surface area (Å²) in [5.41, 5.74) is 12.1. The second-order valence-corrected chi connectivity index (χ2v) is 15.6. The van der Waals surface area contributed by atoms with Crippen LogP contribution in [0.2, 0.25) is 0 Å². The first-order valence-electron chi connectivity index (χ1n) is 20.6. The third-order valence-corrected chi connectivity index (χ3v) is 12.3. The van der Waals surface area contributed by atoms with Crippen molar-refractivity contribution >= 4 is 82.1 Å². The van der Waals surface area contributed by atoms with Gasteiger partial charge in [-0.2, -0.15) is 0 Å². The molecule has 0 spiro atoms. The number of furan rings is 1. The van der Waals surface area contributed by atoms with Gasteiger partial charge < -0.3 is 9.32 Å². The minimum Gasteiger partial charge on any atom is -0.455 e. The fourth-order valence-electron chi connectivity index (χ4n) is 9.47. The third kappa shape index (κ3) is 5.50. The maximum absolute atomic E-state index is 6.63. The van der Waals surface area contributed by atoms with E-state index in [-0.39, 0.29) is 0 Å². The lowest BCUT2D eigenvalue weighted by molar-refractivity contribution is 0.673. The fourth-order valence-corrected chi connectivity index (χ4v) is 9.47. The zero-order valence-electron chi connectivity index (χ0n) is 32.7. The molecule has 0 radical (unpaired) electrons. The number of para-hydroxylation sites is 1. The molecular formula is C58H37NO. The normalized spacial score (nSPS) is 11.7. The van der Waals surface area contributed by atoms with Gasteiger partial charge in [0.15, 0.2) is 0 Å². The molecule has 0 atom stereocenters. The molecule has 0 saturated carbocycles. The summed E-state index contributed by atoms with van der Waals surface area (Å²) in [4.78, 5) is 2.42. The Kier molecular flexibility index (Phi) is 7.89. The molecule has 0 fully saturated rings. The Bertz CT molecular complexity index is 3610. The molecule has 12 rings (SSSR count). The molecule has 0 aliphatic rings. The monoisotopic (exact) mass is 763 g/mol. The van der Waals surface area contributed by atoms with Crippen molar-refractivity contribution in [1.29, 1.82) is 0 Å². The molecule has 0 N–H and O–H groups in total. The van der Waals surface area contributed by atoms with Gasteiger partial charge in [-0.1, -0.05) is 182 Å². The highest BCUT2D eigenvalue weighted by atomic mass is 16.3. The van der Waals surface area contributed by atoms with Gasteiger partial charge in [0.25, 0.3) is 0 Å². The number of anilines is 3. The van der Waals surface area contributed by atoms with E-state index in [1.165, 1.54) is 60.0 Å². The van der Waals surface area contributed by atoms with Gasteiger partial charge in [-0.25, -0.2) is 0 Å². The lowest BCUT2D eigenvalue weighted by atomic mass is 9.94. The van der Waals surface area contributed by atoms with Crippen LogP contribution in [0.5, 0.6) is 0 Å². The van der Waals surface area contributed by atoms with E-state index in [1.54, 1.807) is 0 Å². The molecule has 1 aromatic heterocycles. The number of fused-ring (bicyclic) bond motifs is 9. The van der Waals surface area contributed by atoms with Crippen LogP contribution >= 0.6 is 0 Å². The summed E-state index contributed by atoms with van der Waals surface area (Å²) in [6, 6.07) is 81.3. The van der Waals surface area contributed by atoms with E-state index in [4.69, 9.17) is 4.42 Å². The van der Waals surface area contributed by atoms with E-state index in [0.29, 0.717) is 0 Å². The Hall–Kier alpha value is -7.94. The predicted octanol–water partition coefficient (Wildman–Crippen LogP) is 16.7. The van der Waals surface area contributed by atoms with Crippen LogP contribution in [0.25, 0.3) is 98.4 Å². The molecule has 280 valence electrons. The summed E-state index contributed by atoms with van der Waals surface area (Å²) in [5.74, 6) is 0. The van der Waals surface area contributed by atoms with Gasteiger partial charge in [0.1, 0.15) is 11.2 Å². The second-order valence-electron chi connectivity index (χ2n) is 15.6. The van der Waals surface area contributed by atoms with Crippen molar-refractivity contribution in [2.75, 3.05) is 4.90 Å². The Labute approximate surface area is 347 Å². The van der Waals surface area contributed by atoms with Crippen LogP contribution in [0.15, 0.2) is 229 Å². The molecule has 0 saturated heterocycles. The summed E-state index contributed by atoms with van der Waals surface area (Å²) in [6.45, 7) is 0. The average molecular weight is 764 g/mol. The van der Waals surface area contributed by atoms with Crippen molar-refractivity contribution in [2.45, 2.75) is 0 Å². The number of benzene rings is 11. The summed E-state index contributed by atoms with van der Waals surface area (Å²) < 4.78 is 6.63. The predicted molar refractivity (Wildman–Crippen MR) is 255 cm³/mol. The Morgan fingerprint density at radius 2 is 0.883 bits per heavy atom. The van der Waals surface area contributed by atoms with Gasteiger partial charge in [-0.05, 0) is 108 Å². The quantitative estimate of drug-likeness (QED) is 0.157. The van der Waals surface area contributed by atoms with Gasteiger partial charge in [0.05, 0.1) is 5.69 Å². The van der Waals surface area contributed by atoms with Gasteiger partial charge in [-0.3, -0.25) is 0 Å². The molecule has 0 aliphatic heterocycles. The van der Waals surface area contributed by atoms with E-state index in [9.17, 15) is 0 Å². The highest BCUT2D eigenvalue weighted by molar-refractivity contribution is 6.19. The molecule has 2 heteroatoms. The van der Waals surface area contributed by atoms with Gasteiger partial charge in [0, 0.05) is 33.1 Å². The molecule has 12 aromatic rings. The van der Waals surface area contributed by atoms with E-state index in [2.05, 4.69) is 229 Å². The zero-order valence-corrected chi connectivity index (χ0v) is 32.7. The molecule has 0 unspecified atom stereocenters. The molecule has 0 bridgehead atoms. The first-order valence-corrected chi connectivity index (χ1v) is 20.6. The van der Waals surface area contributed by atoms with Crippen LogP contribution in [-0.4, -0.2) is 0 Å². The number of hydrogen-bond acceptors (Lipinski definition) is 2. The van der Waals surface area contributed by atoms with Crippen molar-refractivity contribution in [3.8, 4) is 33.4 Å². The lowest BCUT2D eigenvalue weighted by Crippen LogP contribution is -2.11.